The number of para-hydroxylation sites is 1. The average Bonchev–Trinajstić information content (AvgIpc) is 2.83. The van der Waals surface area contributed by atoms with Crippen LogP contribution in [-0.2, 0) is 11.4 Å². The second-order valence-corrected chi connectivity index (χ2v) is 8.31. The molecule has 3 rings (SSSR count). The number of benzene rings is 3. The predicted molar refractivity (Wildman–Crippen MR) is 136 cm³/mol. The topological polar surface area (TPSA) is 109 Å². The number of rotatable bonds is 9. The van der Waals surface area contributed by atoms with E-state index in [-0.39, 0.29) is 16.8 Å². The molecule has 0 aliphatic rings. The first kappa shape index (κ1) is 25.5. The highest BCUT2D eigenvalue weighted by Gasteiger charge is 2.17. The molecule has 8 heteroatoms. The quantitative estimate of drug-likeness (QED) is 0.258. The fraction of sp³-hybridized carbons (Fsp3) is 0.148. The van der Waals surface area contributed by atoms with Crippen LogP contribution in [0.15, 0.2) is 70.7 Å². The number of anilines is 1. The van der Waals surface area contributed by atoms with Gasteiger partial charge in [-0.25, -0.2) is 4.79 Å². The largest absolute Gasteiger partial charge is 0.490 e. The lowest BCUT2D eigenvalue weighted by Gasteiger charge is -2.15. The summed E-state index contributed by atoms with van der Waals surface area (Å²) in [5.74, 6) is -0.952. The number of carbonyl (C=O) groups is 2. The Bertz CT molecular complexity index is 1330. The van der Waals surface area contributed by atoms with Crippen LogP contribution < -0.4 is 14.8 Å². The number of aryl methyl sites for hydroxylation is 1. The number of nitrogens with one attached hydrogen (secondary N) is 1. The number of aromatic carboxylic acids is 1. The van der Waals surface area contributed by atoms with Crippen molar-refractivity contribution in [2.75, 3.05) is 11.9 Å². The fourth-order valence-electron chi connectivity index (χ4n) is 3.28. The first-order chi connectivity index (χ1) is 16.8. The van der Waals surface area contributed by atoms with E-state index >= 15 is 0 Å². The van der Waals surface area contributed by atoms with Gasteiger partial charge in [0.1, 0.15) is 18.2 Å². The summed E-state index contributed by atoms with van der Waals surface area (Å²) in [7, 11) is 0. The zero-order chi connectivity index (χ0) is 25.4. The standard InChI is InChI=1S/C27H23BrN2O5/c1-3-34-24-14-18(13-22(28)25(24)35-16-19-9-5-4-8-17(19)2)12-20(15-29)26(31)30-23-11-7-6-10-21(23)27(32)33/h4-14H,3,16H2,1-2H3,(H,30,31)(H,32,33)/b20-12+. The van der Waals surface area contributed by atoms with Gasteiger partial charge in [0, 0.05) is 0 Å². The molecule has 7 nitrogen and oxygen atoms in total. The molecule has 0 aromatic heterocycles. The molecule has 0 aliphatic heterocycles. The average molecular weight is 535 g/mol. The summed E-state index contributed by atoms with van der Waals surface area (Å²) < 4.78 is 12.4. The number of amides is 1. The van der Waals surface area contributed by atoms with Crippen LogP contribution in [0.5, 0.6) is 11.5 Å². The summed E-state index contributed by atoms with van der Waals surface area (Å²) in [6, 6.07) is 19.1. The van der Waals surface area contributed by atoms with Crippen molar-refractivity contribution in [3.05, 3.63) is 93.0 Å². The molecule has 3 aromatic rings. The Hall–Kier alpha value is -4.09. The molecule has 2 N–H and O–H groups in total. The summed E-state index contributed by atoms with van der Waals surface area (Å²) in [4.78, 5) is 24.1. The van der Waals surface area contributed by atoms with E-state index < -0.39 is 11.9 Å². The van der Waals surface area contributed by atoms with E-state index in [9.17, 15) is 20.0 Å². The molecule has 0 spiro atoms. The van der Waals surface area contributed by atoms with Crippen molar-refractivity contribution in [3.8, 4) is 17.6 Å². The number of ether oxygens (including phenoxy) is 2. The van der Waals surface area contributed by atoms with Crippen molar-refractivity contribution in [1.82, 2.24) is 0 Å². The zero-order valence-corrected chi connectivity index (χ0v) is 20.8. The first-order valence-corrected chi connectivity index (χ1v) is 11.5. The number of carboxylic acid groups (broad SMARTS) is 1. The summed E-state index contributed by atoms with van der Waals surface area (Å²) in [6.45, 7) is 4.58. The molecule has 0 unspecified atom stereocenters. The van der Waals surface area contributed by atoms with Crippen molar-refractivity contribution in [2.45, 2.75) is 20.5 Å². The van der Waals surface area contributed by atoms with Crippen LogP contribution >= 0.6 is 15.9 Å². The SMILES string of the molecule is CCOc1cc(/C=C(\C#N)C(=O)Nc2ccccc2C(=O)O)cc(Br)c1OCc1ccccc1C. The molecule has 178 valence electrons. The van der Waals surface area contributed by atoms with E-state index in [0.29, 0.717) is 34.7 Å². The molecule has 0 atom stereocenters. The number of nitrogens with zero attached hydrogens (tertiary/aromatic N) is 1. The Balaban J connectivity index is 1.88. The minimum Gasteiger partial charge on any atom is -0.490 e. The number of hydrogen-bond acceptors (Lipinski definition) is 5. The Labute approximate surface area is 211 Å². The molecule has 1 amide bonds. The smallest absolute Gasteiger partial charge is 0.337 e. The van der Waals surface area contributed by atoms with Gasteiger partial charge in [0.25, 0.3) is 5.91 Å². The van der Waals surface area contributed by atoms with Gasteiger partial charge in [-0.1, -0.05) is 36.4 Å². The van der Waals surface area contributed by atoms with E-state index in [1.54, 1.807) is 24.3 Å². The Kier molecular flexibility index (Phi) is 8.65. The Morgan fingerprint density at radius 2 is 1.83 bits per heavy atom. The van der Waals surface area contributed by atoms with Crippen molar-refractivity contribution < 1.29 is 24.2 Å². The van der Waals surface area contributed by atoms with Gasteiger partial charge in [-0.15, -0.1) is 0 Å². The van der Waals surface area contributed by atoms with Crippen molar-refractivity contribution in [3.63, 3.8) is 0 Å². The summed E-state index contributed by atoms with van der Waals surface area (Å²) in [5.41, 5.74) is 2.50. The van der Waals surface area contributed by atoms with Crippen molar-refractivity contribution in [2.24, 2.45) is 0 Å². The van der Waals surface area contributed by atoms with Gasteiger partial charge < -0.3 is 19.9 Å². The maximum Gasteiger partial charge on any atom is 0.337 e. The van der Waals surface area contributed by atoms with Gasteiger partial charge in [-0.05, 0) is 76.8 Å². The van der Waals surface area contributed by atoms with Gasteiger partial charge in [-0.2, -0.15) is 5.26 Å². The number of carbonyl (C=O) groups excluding carboxylic acids is 1. The van der Waals surface area contributed by atoms with Crippen LogP contribution in [0.2, 0.25) is 0 Å². The first-order valence-electron chi connectivity index (χ1n) is 10.7. The molecule has 0 saturated carbocycles. The number of nitriles is 1. The highest BCUT2D eigenvalue weighted by Crippen LogP contribution is 2.38. The highest BCUT2D eigenvalue weighted by atomic mass is 79.9. The third-order valence-electron chi connectivity index (χ3n) is 5.05. The highest BCUT2D eigenvalue weighted by molar-refractivity contribution is 9.10. The van der Waals surface area contributed by atoms with Crippen LogP contribution in [0.4, 0.5) is 5.69 Å². The van der Waals surface area contributed by atoms with Crippen LogP contribution in [0, 0.1) is 18.3 Å². The van der Waals surface area contributed by atoms with Crippen LogP contribution in [-0.4, -0.2) is 23.6 Å². The van der Waals surface area contributed by atoms with Gasteiger partial charge >= 0.3 is 5.97 Å². The third-order valence-corrected chi connectivity index (χ3v) is 5.64. The lowest BCUT2D eigenvalue weighted by molar-refractivity contribution is -0.112. The number of hydrogen-bond donors (Lipinski definition) is 2. The maximum atomic E-state index is 12.7. The second-order valence-electron chi connectivity index (χ2n) is 7.45. The Morgan fingerprint density at radius 1 is 1.11 bits per heavy atom. The second kappa shape index (κ2) is 11.9. The summed E-state index contributed by atoms with van der Waals surface area (Å²) in [6.07, 6.45) is 1.40. The molecular weight excluding hydrogens is 512 g/mol. The third kappa shape index (κ3) is 6.49. The van der Waals surface area contributed by atoms with E-state index in [2.05, 4.69) is 21.2 Å². The minimum absolute atomic E-state index is 0.0744. The van der Waals surface area contributed by atoms with Crippen LogP contribution in [0.3, 0.4) is 0 Å². The fourth-order valence-corrected chi connectivity index (χ4v) is 3.85. The van der Waals surface area contributed by atoms with E-state index in [1.165, 1.54) is 18.2 Å². The van der Waals surface area contributed by atoms with Gasteiger partial charge in [0.05, 0.1) is 22.3 Å². The zero-order valence-electron chi connectivity index (χ0n) is 19.2. The monoisotopic (exact) mass is 534 g/mol. The van der Waals surface area contributed by atoms with Gasteiger partial charge in [-0.3, -0.25) is 4.79 Å². The molecule has 0 bridgehead atoms. The minimum atomic E-state index is -1.19. The molecule has 0 aliphatic carbocycles. The predicted octanol–water partition coefficient (Wildman–Crippen LogP) is 5.98. The molecule has 3 aromatic carbocycles. The summed E-state index contributed by atoms with van der Waals surface area (Å²) >= 11 is 3.51. The van der Waals surface area contributed by atoms with E-state index in [1.807, 2.05) is 44.2 Å². The Morgan fingerprint density at radius 3 is 2.51 bits per heavy atom. The molecule has 0 radical (unpaired) electrons. The van der Waals surface area contributed by atoms with Crippen molar-refractivity contribution in [1.29, 1.82) is 5.26 Å². The molecule has 0 heterocycles. The van der Waals surface area contributed by atoms with E-state index in [4.69, 9.17) is 9.47 Å². The molecule has 0 fully saturated rings. The van der Waals surface area contributed by atoms with Crippen LogP contribution in [0.1, 0.15) is 34.0 Å². The number of halogens is 1. The van der Waals surface area contributed by atoms with E-state index in [0.717, 1.165) is 11.1 Å². The molecular formula is C27H23BrN2O5. The lowest BCUT2D eigenvalue weighted by atomic mass is 10.1. The lowest BCUT2D eigenvalue weighted by Crippen LogP contribution is -2.16. The summed E-state index contributed by atoms with van der Waals surface area (Å²) in [5, 5.41) is 21.4. The molecule has 0 saturated heterocycles. The van der Waals surface area contributed by atoms with Gasteiger partial charge in [0.15, 0.2) is 11.5 Å². The van der Waals surface area contributed by atoms with Gasteiger partial charge in [0.2, 0.25) is 0 Å². The normalized spacial score (nSPS) is 10.9. The molecule has 35 heavy (non-hydrogen) atoms. The number of carboxylic acids is 1. The van der Waals surface area contributed by atoms with Crippen molar-refractivity contribution >= 4 is 39.6 Å². The maximum absolute atomic E-state index is 12.7. The van der Waals surface area contributed by atoms with Crippen LogP contribution in [0.25, 0.3) is 6.08 Å².